The molecule has 0 radical (unpaired) electrons. The van der Waals surface area contributed by atoms with Crippen LogP contribution in [0.5, 0.6) is 0 Å². The van der Waals surface area contributed by atoms with Crippen LogP contribution in [0, 0.1) is 0 Å². The lowest BCUT2D eigenvalue weighted by Gasteiger charge is -2.42. The molecule has 2 aliphatic rings. The van der Waals surface area contributed by atoms with Crippen LogP contribution in [0.2, 0.25) is 0 Å². The normalized spacial score (nSPS) is 26.8. The monoisotopic (exact) mass is 350 g/mol. The zero-order valence-electron chi connectivity index (χ0n) is 14.4. The summed E-state index contributed by atoms with van der Waals surface area (Å²) in [5.74, 6) is 0.652. The molecule has 1 aromatic carbocycles. The Kier molecular flexibility index (Phi) is 3.79. The molecule has 1 aliphatic carbocycles. The van der Waals surface area contributed by atoms with Gasteiger partial charge in [0.25, 0.3) is 0 Å². The molecule has 0 spiro atoms. The van der Waals surface area contributed by atoms with Crippen molar-refractivity contribution in [1.82, 2.24) is 19.9 Å². The topological polar surface area (TPSA) is 41.9 Å². The highest BCUT2D eigenvalue weighted by molar-refractivity contribution is 7.18. The molecular formula is C20H22N4S. The molecule has 2 fully saturated rings. The van der Waals surface area contributed by atoms with Crippen molar-refractivity contribution in [2.24, 2.45) is 0 Å². The molecule has 0 N–H and O–H groups in total. The highest BCUT2D eigenvalue weighted by Gasteiger charge is 2.39. The molecule has 2 aromatic heterocycles. The second kappa shape index (κ2) is 6.15. The molecule has 0 amide bonds. The van der Waals surface area contributed by atoms with E-state index in [1.807, 2.05) is 23.7 Å². The van der Waals surface area contributed by atoms with Crippen LogP contribution in [-0.2, 0) is 0 Å². The summed E-state index contributed by atoms with van der Waals surface area (Å²) in [7, 11) is 0. The molecular weight excluding hydrogens is 328 g/mol. The molecule has 128 valence electrons. The first-order chi connectivity index (χ1) is 12.3. The molecule has 1 atom stereocenters. The molecule has 3 aromatic rings. The van der Waals surface area contributed by atoms with Gasteiger partial charge in [0.1, 0.15) is 6.33 Å². The van der Waals surface area contributed by atoms with Crippen LogP contribution in [0.3, 0.4) is 0 Å². The Bertz CT molecular complexity index is 885. The van der Waals surface area contributed by atoms with Crippen LogP contribution >= 0.6 is 11.3 Å². The van der Waals surface area contributed by atoms with Crippen molar-refractivity contribution in [3.8, 4) is 11.1 Å². The fourth-order valence-electron chi connectivity index (χ4n) is 4.30. The first kappa shape index (κ1) is 15.4. The van der Waals surface area contributed by atoms with Crippen molar-refractivity contribution in [2.75, 3.05) is 6.54 Å². The minimum atomic E-state index is 0.652. The van der Waals surface area contributed by atoms with E-state index in [9.17, 15) is 0 Å². The molecule has 5 rings (SSSR count). The Morgan fingerprint density at radius 3 is 2.72 bits per heavy atom. The van der Waals surface area contributed by atoms with Crippen molar-refractivity contribution < 1.29 is 0 Å². The van der Waals surface area contributed by atoms with E-state index in [4.69, 9.17) is 4.98 Å². The summed E-state index contributed by atoms with van der Waals surface area (Å²) in [5, 5.41) is 1.32. The Balaban J connectivity index is 1.35. The Morgan fingerprint density at radius 2 is 1.96 bits per heavy atom. The van der Waals surface area contributed by atoms with Gasteiger partial charge in [0.2, 0.25) is 0 Å². The fraction of sp³-hybridized carbons (Fsp3) is 0.450. The SMILES string of the molecule is C[C@H]1CCCN1[C@H]1C[C@H](c2nc3ccc(-c4cncnc4)cc3s2)C1. The molecule has 0 bridgehead atoms. The number of hydrogen-bond donors (Lipinski definition) is 0. The van der Waals surface area contributed by atoms with Crippen molar-refractivity contribution in [3.63, 3.8) is 0 Å². The van der Waals surface area contributed by atoms with E-state index < -0.39 is 0 Å². The summed E-state index contributed by atoms with van der Waals surface area (Å²) in [4.78, 5) is 15.9. The maximum Gasteiger partial charge on any atom is 0.115 e. The Morgan fingerprint density at radius 1 is 1.12 bits per heavy atom. The average Bonchev–Trinajstić information content (AvgIpc) is 3.20. The average molecular weight is 350 g/mol. The molecule has 3 heterocycles. The summed E-state index contributed by atoms with van der Waals surface area (Å²) in [6.45, 7) is 3.67. The highest BCUT2D eigenvalue weighted by Crippen LogP contribution is 2.44. The van der Waals surface area contributed by atoms with Crippen LogP contribution in [0.25, 0.3) is 21.3 Å². The number of rotatable bonds is 3. The minimum Gasteiger partial charge on any atom is -0.298 e. The van der Waals surface area contributed by atoms with Crippen LogP contribution in [0.4, 0.5) is 0 Å². The smallest absolute Gasteiger partial charge is 0.115 e. The number of nitrogens with zero attached hydrogens (tertiary/aromatic N) is 4. The number of fused-ring (bicyclic) bond motifs is 1. The van der Waals surface area contributed by atoms with Gasteiger partial charge < -0.3 is 0 Å². The number of hydrogen-bond acceptors (Lipinski definition) is 5. The third-order valence-corrected chi connectivity index (χ3v) is 7.02. The molecule has 1 saturated carbocycles. The van der Waals surface area contributed by atoms with Crippen molar-refractivity contribution in [2.45, 2.75) is 50.6 Å². The standard InChI is InChI=1S/C20H22N4S/c1-13-3-2-6-24(13)17-7-15(8-17)20-23-18-5-4-14(9-19(18)25-20)16-10-21-12-22-11-16/h4-5,9-13,15,17H,2-3,6-8H2,1H3/t13-,15-,17-/m0/s1. The lowest BCUT2D eigenvalue weighted by atomic mass is 9.79. The minimum absolute atomic E-state index is 0.652. The zero-order valence-corrected chi connectivity index (χ0v) is 15.2. The van der Waals surface area contributed by atoms with Crippen molar-refractivity contribution in [1.29, 1.82) is 0 Å². The second-order valence-electron chi connectivity index (χ2n) is 7.41. The third-order valence-electron chi connectivity index (χ3n) is 5.83. The van der Waals surface area contributed by atoms with E-state index in [1.54, 1.807) is 6.33 Å². The first-order valence-electron chi connectivity index (χ1n) is 9.19. The van der Waals surface area contributed by atoms with Crippen molar-refractivity contribution >= 4 is 21.6 Å². The third kappa shape index (κ3) is 2.75. The van der Waals surface area contributed by atoms with E-state index in [2.05, 4.69) is 40.0 Å². The predicted octanol–water partition coefficient (Wildman–Crippen LogP) is 4.48. The van der Waals surface area contributed by atoms with Gasteiger partial charge in [-0.2, -0.15) is 0 Å². The highest BCUT2D eigenvalue weighted by atomic mass is 32.1. The summed E-state index contributed by atoms with van der Waals surface area (Å²) < 4.78 is 1.27. The summed E-state index contributed by atoms with van der Waals surface area (Å²) in [6, 6.07) is 8.05. The van der Waals surface area contributed by atoms with Crippen molar-refractivity contribution in [3.05, 3.63) is 41.9 Å². The Hall–Kier alpha value is -1.85. The maximum absolute atomic E-state index is 4.92. The Labute approximate surface area is 152 Å². The number of benzene rings is 1. The van der Waals surface area contributed by atoms with Gasteiger partial charge in [-0.15, -0.1) is 11.3 Å². The van der Waals surface area contributed by atoms with Crippen LogP contribution in [0.1, 0.15) is 43.5 Å². The van der Waals surface area contributed by atoms with Gasteiger partial charge in [0.05, 0.1) is 15.2 Å². The van der Waals surface area contributed by atoms with Gasteiger partial charge in [0.15, 0.2) is 0 Å². The van der Waals surface area contributed by atoms with E-state index in [1.165, 1.54) is 47.5 Å². The summed E-state index contributed by atoms with van der Waals surface area (Å²) >= 11 is 1.86. The summed E-state index contributed by atoms with van der Waals surface area (Å²) in [6.07, 6.45) is 10.6. The van der Waals surface area contributed by atoms with Crippen LogP contribution in [-0.4, -0.2) is 38.5 Å². The van der Waals surface area contributed by atoms with E-state index in [-0.39, 0.29) is 0 Å². The lowest BCUT2D eigenvalue weighted by Crippen LogP contribution is -2.45. The first-order valence-corrected chi connectivity index (χ1v) is 10.0. The van der Waals surface area contributed by atoms with Gasteiger partial charge in [-0.05, 0) is 56.8 Å². The van der Waals surface area contributed by atoms with E-state index >= 15 is 0 Å². The van der Waals surface area contributed by atoms with E-state index in [0.717, 1.165) is 23.2 Å². The molecule has 4 nitrogen and oxygen atoms in total. The molecule has 25 heavy (non-hydrogen) atoms. The summed E-state index contributed by atoms with van der Waals surface area (Å²) in [5.41, 5.74) is 3.35. The van der Waals surface area contributed by atoms with Crippen LogP contribution in [0.15, 0.2) is 36.9 Å². The maximum atomic E-state index is 4.92. The van der Waals surface area contributed by atoms with Gasteiger partial charge in [-0.1, -0.05) is 6.07 Å². The number of thiazole rings is 1. The van der Waals surface area contributed by atoms with Gasteiger partial charge in [-0.3, -0.25) is 4.90 Å². The number of likely N-dealkylation sites (tertiary alicyclic amines) is 1. The number of aromatic nitrogens is 3. The lowest BCUT2D eigenvalue weighted by molar-refractivity contribution is 0.103. The molecule has 0 unspecified atom stereocenters. The van der Waals surface area contributed by atoms with Gasteiger partial charge in [-0.25, -0.2) is 15.0 Å². The van der Waals surface area contributed by atoms with E-state index in [0.29, 0.717) is 5.92 Å². The zero-order chi connectivity index (χ0) is 16.8. The predicted molar refractivity (Wildman–Crippen MR) is 102 cm³/mol. The molecule has 1 saturated heterocycles. The van der Waals surface area contributed by atoms with Gasteiger partial charge >= 0.3 is 0 Å². The molecule has 5 heteroatoms. The largest absolute Gasteiger partial charge is 0.298 e. The fourth-order valence-corrected chi connectivity index (χ4v) is 5.44. The molecule has 1 aliphatic heterocycles. The van der Waals surface area contributed by atoms with Crippen LogP contribution < -0.4 is 0 Å². The second-order valence-corrected chi connectivity index (χ2v) is 8.48. The van der Waals surface area contributed by atoms with Gasteiger partial charge in [0, 0.05) is 36.0 Å². The quantitative estimate of drug-likeness (QED) is 0.698.